The lowest BCUT2D eigenvalue weighted by Crippen LogP contribution is -2.24. The number of fused-ring (bicyclic) bond motifs is 1. The van der Waals surface area contributed by atoms with Gasteiger partial charge in [-0.05, 0) is 12.1 Å². The van der Waals surface area contributed by atoms with Crippen molar-refractivity contribution in [2.45, 2.75) is 0 Å². The molecule has 1 aromatic rings. The summed E-state index contributed by atoms with van der Waals surface area (Å²) < 4.78 is 0. The lowest BCUT2D eigenvalue weighted by molar-refractivity contribution is 0.470. The lowest BCUT2D eigenvalue weighted by Gasteiger charge is -1.86. The van der Waals surface area contributed by atoms with Crippen molar-refractivity contribution in [2.24, 2.45) is 0 Å². The first-order chi connectivity index (χ1) is 5.38. The molecule has 0 unspecified atom stereocenters. The van der Waals surface area contributed by atoms with Crippen LogP contribution in [0, 0.1) is 0 Å². The molecule has 0 bridgehead atoms. The fourth-order valence-electron chi connectivity index (χ4n) is 1.14. The molecule has 1 heteroatoms. The first-order valence-corrected chi connectivity index (χ1v) is 3.46. The van der Waals surface area contributed by atoms with E-state index in [4.69, 9.17) is 0 Å². The summed E-state index contributed by atoms with van der Waals surface area (Å²) >= 11 is 0. The van der Waals surface area contributed by atoms with Gasteiger partial charge in [0, 0.05) is 24.3 Å². The highest BCUT2D eigenvalue weighted by Gasteiger charge is 2.02. The molecule has 11 heavy (non-hydrogen) atoms. The Balaban J connectivity index is 2.95. The average Bonchev–Trinajstić information content (AvgIpc) is 2.06. The number of rotatable bonds is 0. The molecule has 0 saturated carbocycles. The smallest absolute Gasteiger partial charge is 0.212 e. The molecule has 0 aliphatic heterocycles. The predicted molar refractivity (Wildman–Crippen MR) is 44.4 cm³/mol. The van der Waals surface area contributed by atoms with Gasteiger partial charge in [-0.3, -0.25) is 0 Å². The number of hydrogen-bond acceptors (Lipinski definition) is 1. The van der Waals surface area contributed by atoms with Crippen molar-refractivity contribution < 1.29 is 5.11 Å². The molecule has 0 radical (unpaired) electrons. The number of allylic oxidation sites excluding steroid dienone is 2. The van der Waals surface area contributed by atoms with E-state index in [1.54, 1.807) is 12.1 Å². The number of phenolic OH excluding ortho intramolecular Hbond substituents is 1. The molecule has 0 heterocycles. The second kappa shape index (κ2) is 2.22. The van der Waals surface area contributed by atoms with Gasteiger partial charge in [-0.2, -0.15) is 0 Å². The van der Waals surface area contributed by atoms with E-state index in [1.165, 1.54) is 0 Å². The average molecular weight is 143 g/mol. The van der Waals surface area contributed by atoms with E-state index in [0.717, 1.165) is 10.4 Å². The second-order valence-electron chi connectivity index (χ2n) is 2.41. The fourth-order valence-corrected chi connectivity index (χ4v) is 1.14. The highest BCUT2D eigenvalue weighted by atomic mass is 16.3. The maximum Gasteiger partial charge on any atom is 0.212 e. The Bertz CT molecular complexity index is 413. The summed E-state index contributed by atoms with van der Waals surface area (Å²) in [6.45, 7) is 0. The van der Waals surface area contributed by atoms with Gasteiger partial charge in [-0.25, -0.2) is 0 Å². The number of benzene rings is 1. The Morgan fingerprint density at radius 1 is 1.27 bits per heavy atom. The molecular weight excluding hydrogens is 136 g/mol. The Labute approximate surface area is 64.6 Å². The molecule has 1 aliphatic carbocycles. The van der Waals surface area contributed by atoms with Crippen LogP contribution >= 0.6 is 0 Å². The van der Waals surface area contributed by atoms with Crippen LogP contribution < -0.4 is 10.4 Å². The second-order valence-corrected chi connectivity index (χ2v) is 2.41. The third-order valence-electron chi connectivity index (χ3n) is 1.67. The highest BCUT2D eigenvalue weighted by molar-refractivity contribution is 5.54. The van der Waals surface area contributed by atoms with Crippen molar-refractivity contribution in [3.63, 3.8) is 0 Å². The van der Waals surface area contributed by atoms with Gasteiger partial charge in [0.05, 0.1) is 11.3 Å². The molecule has 0 fully saturated rings. The molecule has 0 amide bonds. The summed E-state index contributed by atoms with van der Waals surface area (Å²) in [6, 6.07) is 5.44. The van der Waals surface area contributed by atoms with Crippen LogP contribution in [0.1, 0.15) is 0 Å². The standard InChI is InChI=1S/C10H6O/c11-10-7-3-5-8-4-1-2-6-9(8)10/h1-5,7H/p+1. The van der Waals surface area contributed by atoms with Crippen molar-refractivity contribution >= 4 is 12.2 Å². The zero-order valence-electron chi connectivity index (χ0n) is 5.91. The van der Waals surface area contributed by atoms with Gasteiger partial charge in [0.1, 0.15) is 0 Å². The number of phenols is 1. The van der Waals surface area contributed by atoms with Crippen LogP contribution in [0.3, 0.4) is 0 Å². The van der Waals surface area contributed by atoms with Crippen molar-refractivity contribution in [3.8, 4) is 5.75 Å². The highest BCUT2D eigenvalue weighted by Crippen LogP contribution is 1.96. The minimum Gasteiger partial charge on any atom is -0.462 e. The van der Waals surface area contributed by atoms with Gasteiger partial charge in [-0.1, -0.05) is 0 Å². The Kier molecular flexibility index (Phi) is 1.24. The molecule has 2 rings (SSSR count). The number of aromatic hydroxyl groups is 1. The lowest BCUT2D eigenvalue weighted by atomic mass is 10.1. The van der Waals surface area contributed by atoms with Gasteiger partial charge in [-0.15, -0.1) is 0 Å². The van der Waals surface area contributed by atoms with Crippen molar-refractivity contribution in [1.82, 2.24) is 0 Å². The molecule has 0 spiro atoms. The summed E-state index contributed by atoms with van der Waals surface area (Å²) in [5.41, 5.74) is 0. The normalized spacial score (nSPS) is 12.4. The van der Waals surface area contributed by atoms with Crippen LogP contribution in [-0.4, -0.2) is 5.11 Å². The first-order valence-electron chi connectivity index (χ1n) is 3.46. The van der Waals surface area contributed by atoms with Crippen LogP contribution in [0.5, 0.6) is 5.75 Å². The van der Waals surface area contributed by atoms with E-state index in [1.807, 2.05) is 24.3 Å². The predicted octanol–water partition coefficient (Wildman–Crippen LogP) is 0.400. The molecule has 1 aliphatic rings. The maximum atomic E-state index is 9.34. The van der Waals surface area contributed by atoms with Gasteiger partial charge in [0.25, 0.3) is 0 Å². The molecule has 0 atom stereocenters. The molecule has 1 nitrogen and oxygen atoms in total. The third kappa shape index (κ3) is 0.917. The van der Waals surface area contributed by atoms with E-state index in [-0.39, 0.29) is 0 Å². The summed E-state index contributed by atoms with van der Waals surface area (Å²) in [5, 5.41) is 11.1. The van der Waals surface area contributed by atoms with E-state index in [0.29, 0.717) is 5.75 Å². The Morgan fingerprint density at radius 3 is 3.00 bits per heavy atom. The molecule has 1 aromatic carbocycles. The van der Waals surface area contributed by atoms with E-state index in [2.05, 4.69) is 6.08 Å². The van der Waals surface area contributed by atoms with E-state index < -0.39 is 0 Å². The van der Waals surface area contributed by atoms with Gasteiger partial charge in [0.15, 0.2) is 5.22 Å². The SMILES string of the molecule is Oc1cccc2c1=[C+]C=CC=2. The van der Waals surface area contributed by atoms with Crippen molar-refractivity contribution in [3.05, 3.63) is 40.8 Å². The minimum absolute atomic E-state index is 0.295. The first kappa shape index (κ1) is 6.14. The van der Waals surface area contributed by atoms with Gasteiger partial charge in [0.2, 0.25) is 5.75 Å². The maximum absolute atomic E-state index is 9.34. The van der Waals surface area contributed by atoms with Crippen LogP contribution in [0.25, 0.3) is 12.2 Å². The summed E-state index contributed by atoms with van der Waals surface area (Å²) in [6.07, 6.45) is 8.62. The summed E-state index contributed by atoms with van der Waals surface area (Å²) in [4.78, 5) is 0. The van der Waals surface area contributed by atoms with Gasteiger partial charge < -0.3 is 5.11 Å². The molecule has 0 saturated heterocycles. The third-order valence-corrected chi connectivity index (χ3v) is 1.67. The molecule has 52 valence electrons. The quantitative estimate of drug-likeness (QED) is 0.521. The number of hydrogen-bond donors (Lipinski definition) is 1. The molecule has 1 N–H and O–H groups in total. The largest absolute Gasteiger partial charge is 0.462 e. The van der Waals surface area contributed by atoms with Crippen LogP contribution in [0.15, 0.2) is 30.4 Å². The van der Waals surface area contributed by atoms with E-state index >= 15 is 0 Å². The summed E-state index contributed by atoms with van der Waals surface area (Å²) in [7, 11) is 0. The molecular formula is C10H7O+. The zero-order chi connectivity index (χ0) is 7.68. The zero-order valence-corrected chi connectivity index (χ0v) is 5.91. The minimum atomic E-state index is 0.295. The topological polar surface area (TPSA) is 20.2 Å². The monoisotopic (exact) mass is 143 g/mol. The van der Waals surface area contributed by atoms with E-state index in [9.17, 15) is 5.11 Å². The Hall–Kier alpha value is -1.59. The fraction of sp³-hybridized carbons (Fsp3) is 0. The van der Waals surface area contributed by atoms with Crippen LogP contribution in [-0.2, 0) is 0 Å². The van der Waals surface area contributed by atoms with Crippen molar-refractivity contribution in [2.75, 3.05) is 0 Å². The van der Waals surface area contributed by atoms with Crippen molar-refractivity contribution in [1.29, 1.82) is 0 Å². The summed E-state index contributed by atoms with van der Waals surface area (Å²) in [5.74, 6) is 0.295. The van der Waals surface area contributed by atoms with Crippen LogP contribution in [0.4, 0.5) is 0 Å². The van der Waals surface area contributed by atoms with Gasteiger partial charge >= 0.3 is 0 Å². The molecule has 0 aromatic heterocycles. The Morgan fingerprint density at radius 2 is 2.18 bits per heavy atom. The van der Waals surface area contributed by atoms with Crippen LogP contribution in [0.2, 0.25) is 0 Å².